The van der Waals surface area contributed by atoms with Crippen molar-refractivity contribution in [1.29, 1.82) is 0 Å². The molecule has 0 aliphatic carbocycles. The molecule has 0 saturated carbocycles. The molecule has 6 nitrogen and oxygen atoms in total. The van der Waals surface area contributed by atoms with Gasteiger partial charge in [0, 0.05) is 49.1 Å². The zero-order valence-corrected chi connectivity index (χ0v) is 21.6. The Morgan fingerprint density at radius 1 is 0.972 bits per heavy atom. The summed E-state index contributed by atoms with van der Waals surface area (Å²) in [6, 6.07) is 23.3. The molecule has 186 valence electrons. The molecule has 1 amide bonds. The maximum atomic E-state index is 12.5. The highest BCUT2D eigenvalue weighted by molar-refractivity contribution is 6.33. The molecule has 4 aromatic rings. The van der Waals surface area contributed by atoms with E-state index in [1.165, 1.54) is 5.56 Å². The fourth-order valence-corrected chi connectivity index (χ4v) is 4.33. The van der Waals surface area contributed by atoms with Gasteiger partial charge in [0.2, 0.25) is 5.91 Å². The summed E-state index contributed by atoms with van der Waals surface area (Å²) in [4.78, 5) is 24.4. The molecule has 1 aromatic heterocycles. The Balaban J connectivity index is 1.71. The fraction of sp³-hybridized carbons (Fsp3) is 0.250. The number of ether oxygens (including phenoxy) is 1. The minimum absolute atomic E-state index is 0.0375. The summed E-state index contributed by atoms with van der Waals surface area (Å²) in [6.45, 7) is 2.11. The maximum absolute atomic E-state index is 12.5. The van der Waals surface area contributed by atoms with Crippen LogP contribution < -0.4 is 10.2 Å². The number of hydrogen-bond acceptors (Lipinski definition) is 5. The van der Waals surface area contributed by atoms with E-state index >= 15 is 0 Å². The zero-order valence-electron chi connectivity index (χ0n) is 20.1. The highest BCUT2D eigenvalue weighted by Gasteiger charge is 2.18. The summed E-state index contributed by atoms with van der Waals surface area (Å²) >= 11 is 12.8. The van der Waals surface area contributed by atoms with Crippen molar-refractivity contribution in [2.45, 2.75) is 12.8 Å². The molecule has 36 heavy (non-hydrogen) atoms. The lowest BCUT2D eigenvalue weighted by Gasteiger charge is -2.26. The first-order chi connectivity index (χ1) is 17.5. The van der Waals surface area contributed by atoms with Crippen LogP contribution in [0.25, 0.3) is 22.3 Å². The number of benzene rings is 3. The summed E-state index contributed by atoms with van der Waals surface area (Å²) in [5.74, 6) is 1.22. The van der Waals surface area contributed by atoms with Crippen LogP contribution in [0.1, 0.15) is 12.0 Å². The predicted octanol–water partition coefficient (Wildman–Crippen LogP) is 5.81. The van der Waals surface area contributed by atoms with E-state index in [0.717, 1.165) is 28.7 Å². The van der Waals surface area contributed by atoms with Crippen LogP contribution in [-0.2, 0) is 16.0 Å². The second-order valence-electron chi connectivity index (χ2n) is 8.33. The molecule has 0 radical (unpaired) electrons. The molecule has 0 spiro atoms. The van der Waals surface area contributed by atoms with E-state index in [4.69, 9.17) is 37.9 Å². The number of methoxy groups -OCH3 is 1. The summed E-state index contributed by atoms with van der Waals surface area (Å²) in [5.41, 5.74) is 2.67. The van der Waals surface area contributed by atoms with E-state index in [1.807, 2.05) is 60.7 Å². The van der Waals surface area contributed by atoms with Crippen molar-refractivity contribution in [3.8, 4) is 11.4 Å². The Labute approximate surface area is 221 Å². The third-order valence-corrected chi connectivity index (χ3v) is 6.37. The van der Waals surface area contributed by atoms with Gasteiger partial charge in [-0.05, 0) is 42.3 Å². The lowest BCUT2D eigenvalue weighted by Crippen LogP contribution is -2.34. The van der Waals surface area contributed by atoms with Crippen molar-refractivity contribution in [2.24, 2.45) is 0 Å². The van der Waals surface area contributed by atoms with E-state index in [9.17, 15) is 4.79 Å². The second-order valence-corrected chi connectivity index (χ2v) is 9.17. The lowest BCUT2D eigenvalue weighted by atomic mass is 10.1. The highest BCUT2D eigenvalue weighted by atomic mass is 35.5. The van der Waals surface area contributed by atoms with Crippen LogP contribution in [0.15, 0.2) is 72.8 Å². The number of hydrogen-bond donors (Lipinski definition) is 1. The van der Waals surface area contributed by atoms with Crippen LogP contribution in [0.3, 0.4) is 0 Å². The van der Waals surface area contributed by atoms with Crippen LogP contribution in [0.2, 0.25) is 10.0 Å². The highest BCUT2D eigenvalue weighted by Crippen LogP contribution is 2.32. The van der Waals surface area contributed by atoms with Crippen molar-refractivity contribution >= 4 is 45.8 Å². The number of nitrogens with one attached hydrogen (secondary N) is 1. The van der Waals surface area contributed by atoms with Crippen LogP contribution in [0, 0.1) is 0 Å². The van der Waals surface area contributed by atoms with Crippen molar-refractivity contribution in [2.75, 3.05) is 38.3 Å². The molecule has 0 saturated heterocycles. The number of nitrogens with zero attached hydrogens (tertiary/aromatic N) is 3. The van der Waals surface area contributed by atoms with E-state index in [-0.39, 0.29) is 5.91 Å². The SMILES string of the molecule is COCCNC(=O)CCN(CCc1ccccc1)c1nc(-c2ccccc2Cl)nc2cc(Cl)ccc12. The molecule has 3 aromatic carbocycles. The first kappa shape index (κ1) is 25.9. The monoisotopic (exact) mass is 522 g/mol. The van der Waals surface area contributed by atoms with Gasteiger partial charge in [0.15, 0.2) is 5.82 Å². The third kappa shape index (κ3) is 6.72. The summed E-state index contributed by atoms with van der Waals surface area (Å²) < 4.78 is 5.03. The number of anilines is 1. The Hall–Kier alpha value is -3.19. The van der Waals surface area contributed by atoms with Crippen LogP contribution in [0.4, 0.5) is 5.82 Å². The summed E-state index contributed by atoms with van der Waals surface area (Å²) in [6.07, 6.45) is 1.12. The molecule has 1 heterocycles. The molecule has 1 N–H and O–H groups in total. The van der Waals surface area contributed by atoms with E-state index in [2.05, 4.69) is 22.3 Å². The molecule has 8 heteroatoms. The maximum Gasteiger partial charge on any atom is 0.221 e. The van der Waals surface area contributed by atoms with Gasteiger partial charge in [0.05, 0.1) is 17.1 Å². The molecular weight excluding hydrogens is 495 g/mol. The van der Waals surface area contributed by atoms with Crippen LogP contribution in [-0.4, -0.2) is 49.2 Å². The Bertz CT molecular complexity index is 1320. The molecule has 4 rings (SSSR count). The van der Waals surface area contributed by atoms with Crippen molar-refractivity contribution in [3.05, 3.63) is 88.4 Å². The minimum Gasteiger partial charge on any atom is -0.383 e. The van der Waals surface area contributed by atoms with Gasteiger partial charge in [-0.2, -0.15) is 0 Å². The van der Waals surface area contributed by atoms with Crippen LogP contribution >= 0.6 is 23.2 Å². The first-order valence-corrected chi connectivity index (χ1v) is 12.6. The summed E-state index contributed by atoms with van der Waals surface area (Å²) in [5, 5.41) is 4.92. The minimum atomic E-state index is -0.0375. The third-order valence-electron chi connectivity index (χ3n) is 5.80. The lowest BCUT2D eigenvalue weighted by molar-refractivity contribution is -0.121. The van der Waals surface area contributed by atoms with Gasteiger partial charge in [-0.15, -0.1) is 0 Å². The van der Waals surface area contributed by atoms with Crippen LogP contribution in [0.5, 0.6) is 0 Å². The average molecular weight is 523 g/mol. The number of fused-ring (bicyclic) bond motifs is 1. The number of carbonyl (C=O) groups excluding carboxylic acids is 1. The molecule has 0 aliphatic heterocycles. The normalized spacial score (nSPS) is 11.0. The average Bonchev–Trinajstić information content (AvgIpc) is 2.89. The zero-order chi connectivity index (χ0) is 25.3. The number of rotatable bonds is 11. The van der Waals surface area contributed by atoms with E-state index < -0.39 is 0 Å². The standard InChI is InChI=1S/C28H28Cl2N4O2/c1-36-18-15-31-26(35)14-17-34(16-13-20-7-3-2-4-8-20)28-23-12-11-21(29)19-25(23)32-27(33-28)22-9-5-6-10-24(22)30/h2-12,19H,13-18H2,1H3,(H,31,35). The topological polar surface area (TPSA) is 67.3 Å². The number of aromatic nitrogens is 2. The number of carbonyl (C=O) groups is 1. The first-order valence-electron chi connectivity index (χ1n) is 11.8. The number of amides is 1. The Morgan fingerprint density at radius 2 is 1.75 bits per heavy atom. The fourth-order valence-electron chi connectivity index (χ4n) is 3.94. The molecule has 0 unspecified atom stereocenters. The van der Waals surface area contributed by atoms with Gasteiger partial charge in [-0.1, -0.05) is 65.7 Å². The van der Waals surface area contributed by atoms with Gasteiger partial charge in [0.25, 0.3) is 0 Å². The Morgan fingerprint density at radius 3 is 2.53 bits per heavy atom. The van der Waals surface area contributed by atoms with E-state index in [1.54, 1.807) is 7.11 Å². The summed E-state index contributed by atoms with van der Waals surface area (Å²) in [7, 11) is 1.61. The van der Waals surface area contributed by atoms with Gasteiger partial charge < -0.3 is 15.0 Å². The molecular formula is C28H28Cl2N4O2. The van der Waals surface area contributed by atoms with Crippen molar-refractivity contribution in [1.82, 2.24) is 15.3 Å². The quantitative estimate of drug-likeness (QED) is 0.252. The smallest absolute Gasteiger partial charge is 0.221 e. The van der Waals surface area contributed by atoms with E-state index in [0.29, 0.717) is 48.5 Å². The second kappa shape index (κ2) is 12.7. The largest absolute Gasteiger partial charge is 0.383 e. The predicted molar refractivity (Wildman–Crippen MR) is 147 cm³/mol. The molecule has 0 aliphatic rings. The van der Waals surface area contributed by atoms with Crippen molar-refractivity contribution in [3.63, 3.8) is 0 Å². The number of halogens is 2. The van der Waals surface area contributed by atoms with Gasteiger partial charge in [-0.3, -0.25) is 4.79 Å². The molecule has 0 atom stereocenters. The van der Waals surface area contributed by atoms with Crippen molar-refractivity contribution < 1.29 is 9.53 Å². The molecule has 0 fully saturated rings. The van der Waals surface area contributed by atoms with Gasteiger partial charge >= 0.3 is 0 Å². The van der Waals surface area contributed by atoms with Gasteiger partial charge in [-0.25, -0.2) is 9.97 Å². The Kier molecular flexibility index (Phi) is 9.11. The molecule has 0 bridgehead atoms. The van der Waals surface area contributed by atoms with Gasteiger partial charge in [0.1, 0.15) is 5.82 Å².